The Bertz CT molecular complexity index is 1480. The van der Waals surface area contributed by atoms with E-state index in [9.17, 15) is 19.2 Å². The summed E-state index contributed by atoms with van der Waals surface area (Å²) in [6.45, 7) is 0. The van der Waals surface area contributed by atoms with Crippen molar-refractivity contribution in [3.8, 4) is 11.5 Å². The van der Waals surface area contributed by atoms with Crippen molar-refractivity contribution in [3.05, 3.63) is 92.4 Å². The summed E-state index contributed by atoms with van der Waals surface area (Å²) in [7, 11) is 2.29. The molecule has 3 aromatic carbocycles. The number of benzene rings is 3. The van der Waals surface area contributed by atoms with E-state index in [0.717, 1.165) is 14.2 Å². The molecule has 2 aliphatic rings. The van der Waals surface area contributed by atoms with E-state index in [1.807, 2.05) is 0 Å². The minimum Gasteiger partial charge on any atom is -0.467 e. The third-order valence-electron chi connectivity index (χ3n) is 6.89. The third kappa shape index (κ3) is 4.54. The maximum absolute atomic E-state index is 13.6. The lowest BCUT2D eigenvalue weighted by Crippen LogP contribution is -2.59. The van der Waals surface area contributed by atoms with Gasteiger partial charge in [0, 0.05) is 26.0 Å². The number of esters is 4. The summed E-state index contributed by atoms with van der Waals surface area (Å²) in [6, 6.07) is 17.2. The molecular weight excluding hydrogens is 638 g/mol. The molecule has 11 heteroatoms. The van der Waals surface area contributed by atoms with Crippen LogP contribution in [0.5, 0.6) is 11.5 Å². The number of carbonyl (C=O) groups is 4. The Kier molecular flexibility index (Phi) is 7.32. The van der Waals surface area contributed by atoms with E-state index >= 15 is 0 Å². The summed E-state index contributed by atoms with van der Waals surface area (Å²) in [5.74, 6) is -5.03. The lowest BCUT2D eigenvalue weighted by molar-refractivity contribution is -0.164. The summed E-state index contributed by atoms with van der Waals surface area (Å²) in [5.41, 5.74) is -1.03. The van der Waals surface area contributed by atoms with Crippen molar-refractivity contribution in [1.82, 2.24) is 5.32 Å². The molecule has 0 bridgehead atoms. The number of hydrogen-bond acceptors (Lipinski definition) is 9. The molecule has 2 heterocycles. The Balaban J connectivity index is 1.70. The van der Waals surface area contributed by atoms with Gasteiger partial charge in [-0.2, -0.15) is 0 Å². The number of halogens is 2. The molecule has 0 spiro atoms. The molecular formula is C28H21Br2NO8. The maximum Gasteiger partial charge on any atom is 0.343 e. The first-order valence-corrected chi connectivity index (χ1v) is 13.3. The highest BCUT2D eigenvalue weighted by Crippen LogP contribution is 2.56. The van der Waals surface area contributed by atoms with Gasteiger partial charge in [0.05, 0.1) is 31.7 Å². The molecule has 1 fully saturated rings. The van der Waals surface area contributed by atoms with Gasteiger partial charge < -0.3 is 18.9 Å². The second-order valence-corrected chi connectivity index (χ2v) is 10.8. The Morgan fingerprint density at radius 3 is 2.13 bits per heavy atom. The quantitative estimate of drug-likeness (QED) is 0.241. The Morgan fingerprint density at radius 2 is 1.49 bits per heavy atom. The predicted molar refractivity (Wildman–Crippen MR) is 144 cm³/mol. The molecule has 0 aliphatic carbocycles. The minimum atomic E-state index is -2.11. The zero-order valence-corrected chi connectivity index (χ0v) is 23.8. The van der Waals surface area contributed by atoms with Crippen LogP contribution in [0.4, 0.5) is 0 Å². The van der Waals surface area contributed by atoms with Gasteiger partial charge in [-0.25, -0.2) is 14.4 Å². The molecule has 5 rings (SSSR count). The molecule has 39 heavy (non-hydrogen) atoms. The van der Waals surface area contributed by atoms with Gasteiger partial charge in [-0.15, -0.1) is 0 Å². The number of nitrogens with one attached hydrogen (secondary N) is 1. The molecule has 1 N–H and O–H groups in total. The van der Waals surface area contributed by atoms with Crippen LogP contribution in [0.2, 0.25) is 0 Å². The predicted octanol–water partition coefficient (Wildman–Crippen LogP) is 4.48. The molecule has 200 valence electrons. The van der Waals surface area contributed by atoms with Gasteiger partial charge in [0.15, 0.2) is 0 Å². The lowest BCUT2D eigenvalue weighted by atomic mass is 9.72. The Hall–Kier alpha value is -3.54. The number of fused-ring (bicyclic) bond motifs is 3. The van der Waals surface area contributed by atoms with E-state index in [1.54, 1.807) is 66.7 Å². The van der Waals surface area contributed by atoms with Gasteiger partial charge in [-0.3, -0.25) is 10.1 Å². The number of methoxy groups -OCH3 is 2. The molecule has 0 aromatic heterocycles. The minimum absolute atomic E-state index is 0.127. The number of hydrogen-bond donors (Lipinski definition) is 1. The van der Waals surface area contributed by atoms with Crippen LogP contribution in [0.1, 0.15) is 33.4 Å². The third-order valence-corrected chi connectivity index (χ3v) is 7.88. The van der Waals surface area contributed by atoms with Crippen molar-refractivity contribution in [2.45, 2.75) is 17.5 Å². The van der Waals surface area contributed by atoms with E-state index in [0.29, 0.717) is 25.6 Å². The maximum atomic E-state index is 13.6. The van der Waals surface area contributed by atoms with Crippen LogP contribution in [0.25, 0.3) is 0 Å². The molecule has 2 aliphatic heterocycles. The van der Waals surface area contributed by atoms with E-state index in [2.05, 4.69) is 37.2 Å². The van der Waals surface area contributed by atoms with Crippen molar-refractivity contribution in [2.24, 2.45) is 5.92 Å². The average molecular weight is 659 g/mol. The van der Waals surface area contributed by atoms with Crippen LogP contribution in [-0.4, -0.2) is 43.6 Å². The van der Waals surface area contributed by atoms with Gasteiger partial charge in [-0.1, -0.05) is 50.1 Å². The zero-order valence-electron chi connectivity index (χ0n) is 20.6. The topological polar surface area (TPSA) is 117 Å². The second-order valence-electron chi connectivity index (χ2n) is 8.96. The number of carbonyl (C=O) groups excluding carboxylic acids is 4. The zero-order chi connectivity index (χ0) is 27.9. The van der Waals surface area contributed by atoms with Crippen molar-refractivity contribution in [2.75, 3.05) is 14.2 Å². The lowest BCUT2D eigenvalue weighted by Gasteiger charge is -2.34. The second kappa shape index (κ2) is 10.6. The number of rotatable bonds is 5. The highest BCUT2D eigenvalue weighted by molar-refractivity contribution is 9.10. The van der Waals surface area contributed by atoms with Crippen LogP contribution in [0, 0.1) is 5.92 Å². The van der Waals surface area contributed by atoms with Crippen molar-refractivity contribution < 1.29 is 38.1 Å². The van der Waals surface area contributed by atoms with Crippen molar-refractivity contribution in [3.63, 3.8) is 0 Å². The van der Waals surface area contributed by atoms with Crippen molar-refractivity contribution >= 4 is 55.7 Å². The first-order chi connectivity index (χ1) is 18.7. The molecule has 3 atom stereocenters. The average Bonchev–Trinajstić information content (AvgIpc) is 3.32. The van der Waals surface area contributed by atoms with Crippen molar-refractivity contribution in [1.29, 1.82) is 0 Å². The molecule has 0 amide bonds. The van der Waals surface area contributed by atoms with E-state index in [-0.39, 0.29) is 11.5 Å². The van der Waals surface area contributed by atoms with Gasteiger partial charge in [-0.05, 0) is 48.5 Å². The summed E-state index contributed by atoms with van der Waals surface area (Å²) >= 11 is 6.85. The van der Waals surface area contributed by atoms with Crippen LogP contribution >= 0.6 is 31.9 Å². The fraction of sp³-hybridized carbons (Fsp3) is 0.214. The van der Waals surface area contributed by atoms with Gasteiger partial charge in [0.1, 0.15) is 11.5 Å². The molecule has 0 radical (unpaired) electrons. The van der Waals surface area contributed by atoms with Crippen LogP contribution in [-0.2, 0) is 23.9 Å². The van der Waals surface area contributed by atoms with E-state index in [1.165, 1.54) is 0 Å². The normalized spacial score (nSPS) is 20.7. The van der Waals surface area contributed by atoms with Crippen LogP contribution in [0.15, 0.2) is 75.7 Å². The fourth-order valence-corrected chi connectivity index (χ4v) is 6.01. The highest BCUT2D eigenvalue weighted by atomic mass is 79.9. The largest absolute Gasteiger partial charge is 0.467 e. The summed E-state index contributed by atoms with van der Waals surface area (Å²) in [4.78, 5) is 53.4. The fourth-order valence-electron chi connectivity index (χ4n) is 5.25. The molecule has 0 unspecified atom stereocenters. The first-order valence-electron chi connectivity index (χ1n) is 11.7. The first kappa shape index (κ1) is 27.0. The van der Waals surface area contributed by atoms with E-state index in [4.69, 9.17) is 18.9 Å². The SMILES string of the molecule is COC(=O)C1(C(=O)OC)N[C@@H](c2cc(Br)ccc2OC(=O)c2ccccc2)[C@@H]2C(=O)Oc3ccc(Br)cc3[C@@H]21. The summed E-state index contributed by atoms with van der Waals surface area (Å²) in [5, 5.41) is 3.06. The molecule has 1 saturated heterocycles. The molecule has 0 saturated carbocycles. The Morgan fingerprint density at radius 1 is 0.872 bits per heavy atom. The van der Waals surface area contributed by atoms with Crippen LogP contribution in [0.3, 0.4) is 0 Å². The number of ether oxygens (including phenoxy) is 4. The summed E-state index contributed by atoms with van der Waals surface area (Å²) < 4.78 is 22.9. The molecule has 9 nitrogen and oxygen atoms in total. The van der Waals surface area contributed by atoms with Gasteiger partial charge in [0.25, 0.3) is 0 Å². The van der Waals surface area contributed by atoms with Gasteiger partial charge >= 0.3 is 23.9 Å². The summed E-state index contributed by atoms with van der Waals surface area (Å²) in [6.07, 6.45) is 0. The smallest absolute Gasteiger partial charge is 0.343 e. The highest BCUT2D eigenvalue weighted by Gasteiger charge is 2.69. The van der Waals surface area contributed by atoms with E-state index < -0.39 is 47.3 Å². The standard InChI is InChI=1S/C28H21Br2NO8/c1-36-26(34)28(27(35)37-2)22-17-12-15(29)8-10-19(17)39-25(33)21(22)23(31-28)18-13-16(30)9-11-20(18)38-24(32)14-6-4-3-5-7-14/h3-13,21-23,31H,1-2H3/t21-,22+,23+/m1/s1. The van der Waals surface area contributed by atoms with Crippen LogP contribution < -0.4 is 14.8 Å². The van der Waals surface area contributed by atoms with Gasteiger partial charge in [0.2, 0.25) is 5.54 Å². The molecule has 3 aromatic rings. The monoisotopic (exact) mass is 657 g/mol. The Labute approximate surface area is 240 Å².